The van der Waals surface area contributed by atoms with E-state index in [1.807, 2.05) is 18.2 Å². The van der Waals surface area contributed by atoms with Crippen molar-refractivity contribution in [3.63, 3.8) is 0 Å². The number of nitrogens with zero attached hydrogens (tertiary/aromatic N) is 2. The molecule has 0 bridgehead atoms. The molecule has 0 spiro atoms. The summed E-state index contributed by atoms with van der Waals surface area (Å²) < 4.78 is 11.5. The molecule has 0 radical (unpaired) electrons. The van der Waals surface area contributed by atoms with Crippen LogP contribution in [-0.4, -0.2) is 61.0 Å². The van der Waals surface area contributed by atoms with Crippen LogP contribution in [0.15, 0.2) is 42.5 Å². The SMILES string of the molecule is CCCN(CC#CCN1C(=O)c2ccccc2C1=O)C1COc2cccc(OC)c2C1. The van der Waals surface area contributed by atoms with Gasteiger partial charge < -0.3 is 9.47 Å². The Balaban J connectivity index is 1.41. The molecule has 2 aromatic rings. The zero-order chi connectivity index (χ0) is 21.8. The molecule has 6 heteroatoms. The van der Waals surface area contributed by atoms with Gasteiger partial charge in [-0.25, -0.2) is 0 Å². The quantitative estimate of drug-likeness (QED) is 0.533. The summed E-state index contributed by atoms with van der Waals surface area (Å²) in [6, 6.07) is 12.9. The Bertz CT molecular complexity index is 1000. The molecule has 2 aliphatic rings. The van der Waals surface area contributed by atoms with E-state index in [1.54, 1.807) is 31.4 Å². The topological polar surface area (TPSA) is 59.1 Å². The van der Waals surface area contributed by atoms with E-state index in [2.05, 4.69) is 23.7 Å². The monoisotopic (exact) mass is 418 g/mol. The first-order chi connectivity index (χ1) is 15.1. The summed E-state index contributed by atoms with van der Waals surface area (Å²) in [5, 5.41) is 0. The number of ether oxygens (including phenoxy) is 2. The Kier molecular flexibility index (Phi) is 6.24. The minimum atomic E-state index is -0.273. The van der Waals surface area contributed by atoms with Crippen LogP contribution in [0.4, 0.5) is 0 Å². The van der Waals surface area contributed by atoms with Crippen molar-refractivity contribution in [1.29, 1.82) is 0 Å². The van der Waals surface area contributed by atoms with Crippen LogP contribution in [0.5, 0.6) is 11.5 Å². The number of carbonyl (C=O) groups excluding carboxylic acids is 2. The Labute approximate surface area is 182 Å². The summed E-state index contributed by atoms with van der Waals surface area (Å²) in [6.45, 7) is 4.28. The average molecular weight is 418 g/mol. The molecule has 0 aromatic heterocycles. The highest BCUT2D eigenvalue weighted by Crippen LogP contribution is 2.33. The summed E-state index contributed by atoms with van der Waals surface area (Å²) in [4.78, 5) is 28.4. The number of amides is 2. The van der Waals surface area contributed by atoms with E-state index >= 15 is 0 Å². The largest absolute Gasteiger partial charge is 0.496 e. The predicted molar refractivity (Wildman–Crippen MR) is 117 cm³/mol. The first-order valence-corrected chi connectivity index (χ1v) is 10.6. The Morgan fingerprint density at radius 2 is 1.84 bits per heavy atom. The van der Waals surface area contributed by atoms with Crippen molar-refractivity contribution in [1.82, 2.24) is 9.80 Å². The van der Waals surface area contributed by atoms with Gasteiger partial charge in [-0.3, -0.25) is 19.4 Å². The number of methoxy groups -OCH3 is 1. The number of fused-ring (bicyclic) bond motifs is 2. The number of benzene rings is 2. The summed E-state index contributed by atoms with van der Waals surface area (Å²) in [6.07, 6.45) is 1.83. The zero-order valence-electron chi connectivity index (χ0n) is 17.9. The van der Waals surface area contributed by atoms with Gasteiger partial charge >= 0.3 is 0 Å². The van der Waals surface area contributed by atoms with Crippen molar-refractivity contribution >= 4 is 11.8 Å². The number of hydrogen-bond acceptors (Lipinski definition) is 5. The van der Waals surface area contributed by atoms with Gasteiger partial charge in [0.25, 0.3) is 11.8 Å². The van der Waals surface area contributed by atoms with E-state index in [0.717, 1.165) is 36.4 Å². The van der Waals surface area contributed by atoms with E-state index < -0.39 is 0 Å². The van der Waals surface area contributed by atoms with Gasteiger partial charge in [0.15, 0.2) is 0 Å². The highest BCUT2D eigenvalue weighted by Gasteiger charge is 2.34. The average Bonchev–Trinajstić information content (AvgIpc) is 3.05. The van der Waals surface area contributed by atoms with Gasteiger partial charge in [0.2, 0.25) is 0 Å². The second kappa shape index (κ2) is 9.23. The van der Waals surface area contributed by atoms with Crippen LogP contribution in [0.25, 0.3) is 0 Å². The molecule has 0 saturated carbocycles. The molecule has 160 valence electrons. The molecule has 1 unspecified atom stereocenters. The molecule has 2 heterocycles. The molecule has 2 aliphatic heterocycles. The molecule has 1 atom stereocenters. The minimum Gasteiger partial charge on any atom is -0.496 e. The maximum atomic E-state index is 12.5. The lowest BCUT2D eigenvalue weighted by atomic mass is 10.00. The number of rotatable bonds is 6. The minimum absolute atomic E-state index is 0.101. The van der Waals surface area contributed by atoms with Crippen molar-refractivity contribution in [2.45, 2.75) is 25.8 Å². The van der Waals surface area contributed by atoms with Crippen LogP contribution < -0.4 is 9.47 Å². The van der Waals surface area contributed by atoms with E-state index in [0.29, 0.717) is 24.3 Å². The zero-order valence-corrected chi connectivity index (χ0v) is 17.9. The van der Waals surface area contributed by atoms with Gasteiger partial charge in [0.1, 0.15) is 18.1 Å². The van der Waals surface area contributed by atoms with Gasteiger partial charge in [0.05, 0.1) is 31.3 Å². The summed E-state index contributed by atoms with van der Waals surface area (Å²) in [5.41, 5.74) is 1.99. The van der Waals surface area contributed by atoms with Crippen molar-refractivity contribution < 1.29 is 19.1 Å². The Morgan fingerprint density at radius 3 is 2.52 bits per heavy atom. The Morgan fingerprint density at radius 1 is 1.10 bits per heavy atom. The highest BCUT2D eigenvalue weighted by molar-refractivity contribution is 6.21. The van der Waals surface area contributed by atoms with E-state index in [4.69, 9.17) is 9.47 Å². The van der Waals surface area contributed by atoms with Gasteiger partial charge in [-0.05, 0) is 43.7 Å². The van der Waals surface area contributed by atoms with Gasteiger partial charge in [-0.1, -0.05) is 37.0 Å². The fourth-order valence-corrected chi connectivity index (χ4v) is 4.14. The third-order valence-electron chi connectivity index (χ3n) is 5.73. The second-order valence-electron chi connectivity index (χ2n) is 7.67. The van der Waals surface area contributed by atoms with Crippen molar-refractivity contribution in [3.8, 4) is 23.3 Å². The predicted octanol–water partition coefficient (Wildman–Crippen LogP) is 3.01. The summed E-state index contributed by atoms with van der Waals surface area (Å²) in [5.74, 6) is 7.35. The third-order valence-corrected chi connectivity index (χ3v) is 5.73. The molecule has 0 fully saturated rings. The van der Waals surface area contributed by atoms with Gasteiger partial charge in [-0.2, -0.15) is 0 Å². The van der Waals surface area contributed by atoms with Crippen LogP contribution >= 0.6 is 0 Å². The fourth-order valence-electron chi connectivity index (χ4n) is 4.14. The molecule has 0 aliphatic carbocycles. The molecule has 6 nitrogen and oxygen atoms in total. The van der Waals surface area contributed by atoms with Crippen LogP contribution in [-0.2, 0) is 6.42 Å². The van der Waals surface area contributed by atoms with Crippen molar-refractivity contribution in [2.24, 2.45) is 0 Å². The fraction of sp³-hybridized carbons (Fsp3) is 0.360. The van der Waals surface area contributed by atoms with Gasteiger partial charge in [0, 0.05) is 11.6 Å². The van der Waals surface area contributed by atoms with Crippen LogP contribution in [0.1, 0.15) is 39.6 Å². The molecular formula is C25H26N2O4. The Hall–Kier alpha value is -3.30. The molecule has 4 rings (SSSR count). The number of imide groups is 1. The van der Waals surface area contributed by atoms with Crippen LogP contribution in [0.2, 0.25) is 0 Å². The maximum absolute atomic E-state index is 12.5. The second-order valence-corrected chi connectivity index (χ2v) is 7.67. The normalized spacial score (nSPS) is 17.0. The van der Waals surface area contributed by atoms with Crippen LogP contribution in [0.3, 0.4) is 0 Å². The lowest BCUT2D eigenvalue weighted by molar-refractivity contribution is 0.0675. The highest BCUT2D eigenvalue weighted by atomic mass is 16.5. The summed E-state index contributed by atoms with van der Waals surface area (Å²) >= 11 is 0. The molecule has 2 amide bonds. The van der Waals surface area contributed by atoms with Crippen molar-refractivity contribution in [3.05, 3.63) is 59.2 Å². The van der Waals surface area contributed by atoms with Crippen LogP contribution in [0, 0.1) is 11.8 Å². The molecule has 0 N–H and O–H groups in total. The van der Waals surface area contributed by atoms with Crippen molar-refractivity contribution in [2.75, 3.05) is 33.4 Å². The first-order valence-electron chi connectivity index (χ1n) is 10.6. The standard InChI is InChI=1S/C25H26N2O4/c1-3-13-26(18-16-21-22(30-2)11-8-12-23(21)31-17-18)14-6-7-15-27-24(28)19-9-4-5-10-20(19)25(27)29/h4-5,8-12,18H,3,13-17H2,1-2H3. The van der Waals surface area contributed by atoms with E-state index in [9.17, 15) is 9.59 Å². The molecule has 0 saturated heterocycles. The third kappa shape index (κ3) is 4.14. The maximum Gasteiger partial charge on any atom is 0.262 e. The lowest BCUT2D eigenvalue weighted by Crippen LogP contribution is -2.44. The first kappa shape index (κ1) is 21.0. The van der Waals surface area contributed by atoms with E-state index in [-0.39, 0.29) is 24.4 Å². The van der Waals surface area contributed by atoms with Gasteiger partial charge in [-0.15, -0.1) is 0 Å². The number of carbonyl (C=O) groups is 2. The number of hydrogen-bond donors (Lipinski definition) is 0. The van der Waals surface area contributed by atoms with E-state index in [1.165, 1.54) is 4.90 Å². The molecular weight excluding hydrogens is 392 g/mol. The lowest BCUT2D eigenvalue weighted by Gasteiger charge is -2.34. The molecule has 2 aromatic carbocycles. The summed E-state index contributed by atoms with van der Waals surface area (Å²) in [7, 11) is 1.67. The smallest absolute Gasteiger partial charge is 0.262 e. The molecule has 31 heavy (non-hydrogen) atoms.